The molecule has 1 amide bonds. The van der Waals surface area contributed by atoms with Crippen LogP contribution in [0.15, 0.2) is 11.0 Å². The topological polar surface area (TPSA) is 77.1 Å². The number of pyridine rings is 1. The van der Waals surface area contributed by atoms with E-state index in [1.54, 1.807) is 6.20 Å². The highest BCUT2D eigenvalue weighted by atomic mass is 16.2. The minimum absolute atomic E-state index is 0.242. The summed E-state index contributed by atoms with van der Waals surface area (Å²) >= 11 is 0. The molecule has 3 N–H and O–H groups in total. The Kier molecular flexibility index (Phi) is 4.50. The third-order valence-electron chi connectivity index (χ3n) is 5.06. The summed E-state index contributed by atoms with van der Waals surface area (Å²) in [7, 11) is 0. The molecule has 1 aromatic heterocycles. The Balaban J connectivity index is 1.79. The number of nitrogens with zero attached hydrogens (tertiary/aromatic N) is 1. The highest BCUT2D eigenvalue weighted by molar-refractivity contribution is 5.95. The Morgan fingerprint density at radius 3 is 2.68 bits per heavy atom. The predicted octanol–water partition coefficient (Wildman–Crippen LogP) is 1.75. The summed E-state index contributed by atoms with van der Waals surface area (Å²) < 4.78 is 1.07. The van der Waals surface area contributed by atoms with Crippen LogP contribution in [0.5, 0.6) is 0 Å². The first-order valence-corrected chi connectivity index (χ1v) is 8.47. The Labute approximate surface area is 130 Å². The fraction of sp³-hybridized carbons (Fsp3) is 0.647. The monoisotopic (exact) mass is 303 g/mol. The lowest BCUT2D eigenvalue weighted by Crippen LogP contribution is -2.40. The summed E-state index contributed by atoms with van der Waals surface area (Å²) in [6, 6.07) is 0. The zero-order chi connectivity index (χ0) is 15.5. The SMILES string of the molecule is Nn1cc2c(c(C(=O)NCC3CCCCC3)c1=O)CCCC2. The third kappa shape index (κ3) is 3.03. The first-order chi connectivity index (χ1) is 10.7. The van der Waals surface area contributed by atoms with Gasteiger partial charge >= 0.3 is 0 Å². The minimum atomic E-state index is -0.373. The minimum Gasteiger partial charge on any atom is -0.352 e. The molecule has 5 nitrogen and oxygen atoms in total. The molecule has 0 unspecified atom stereocenters. The molecule has 0 aliphatic heterocycles. The van der Waals surface area contributed by atoms with E-state index in [2.05, 4.69) is 5.32 Å². The van der Waals surface area contributed by atoms with Crippen molar-refractivity contribution in [1.29, 1.82) is 0 Å². The van der Waals surface area contributed by atoms with Gasteiger partial charge in [0.2, 0.25) is 0 Å². The predicted molar refractivity (Wildman–Crippen MR) is 86.4 cm³/mol. The number of rotatable bonds is 3. The zero-order valence-electron chi connectivity index (χ0n) is 13.1. The van der Waals surface area contributed by atoms with Crippen molar-refractivity contribution in [2.75, 3.05) is 12.4 Å². The molecule has 5 heteroatoms. The maximum Gasteiger partial charge on any atom is 0.281 e. The molecular formula is C17H25N3O2. The van der Waals surface area contributed by atoms with Gasteiger partial charge in [0.1, 0.15) is 5.56 Å². The summed E-state index contributed by atoms with van der Waals surface area (Å²) in [5, 5.41) is 2.98. The fourth-order valence-corrected chi connectivity index (χ4v) is 3.79. The molecule has 0 atom stereocenters. The molecule has 0 aromatic carbocycles. The van der Waals surface area contributed by atoms with Gasteiger partial charge in [0.25, 0.3) is 11.5 Å². The number of amides is 1. The van der Waals surface area contributed by atoms with Crippen LogP contribution in [0.25, 0.3) is 0 Å². The Morgan fingerprint density at radius 1 is 1.18 bits per heavy atom. The quantitative estimate of drug-likeness (QED) is 0.835. The molecule has 22 heavy (non-hydrogen) atoms. The van der Waals surface area contributed by atoms with Crippen molar-refractivity contribution in [1.82, 2.24) is 9.99 Å². The second kappa shape index (κ2) is 6.55. The van der Waals surface area contributed by atoms with Crippen LogP contribution in [0.3, 0.4) is 0 Å². The summed E-state index contributed by atoms with van der Waals surface area (Å²) in [6.07, 6.45) is 11.7. The van der Waals surface area contributed by atoms with Crippen molar-refractivity contribution in [2.45, 2.75) is 57.8 Å². The van der Waals surface area contributed by atoms with Crippen LogP contribution < -0.4 is 16.7 Å². The number of fused-ring (bicyclic) bond motifs is 1. The molecule has 1 fully saturated rings. The molecule has 2 aliphatic rings. The number of nitrogens with two attached hydrogens (primary N) is 1. The van der Waals surface area contributed by atoms with Gasteiger partial charge in [-0.1, -0.05) is 19.3 Å². The maximum atomic E-state index is 12.6. The molecule has 0 spiro atoms. The van der Waals surface area contributed by atoms with E-state index in [9.17, 15) is 9.59 Å². The van der Waals surface area contributed by atoms with Crippen LogP contribution in [0.4, 0.5) is 0 Å². The van der Waals surface area contributed by atoms with Gasteiger partial charge in [-0.05, 0) is 55.6 Å². The van der Waals surface area contributed by atoms with E-state index in [-0.39, 0.29) is 17.0 Å². The average Bonchev–Trinajstić information content (AvgIpc) is 2.55. The molecular weight excluding hydrogens is 278 g/mol. The van der Waals surface area contributed by atoms with Gasteiger partial charge in [-0.3, -0.25) is 9.59 Å². The van der Waals surface area contributed by atoms with Gasteiger partial charge in [-0.2, -0.15) is 0 Å². The molecule has 1 saturated carbocycles. The fourth-order valence-electron chi connectivity index (χ4n) is 3.79. The van der Waals surface area contributed by atoms with Gasteiger partial charge in [-0.25, -0.2) is 4.68 Å². The van der Waals surface area contributed by atoms with Crippen LogP contribution in [-0.2, 0) is 12.8 Å². The van der Waals surface area contributed by atoms with Gasteiger partial charge < -0.3 is 11.2 Å². The smallest absolute Gasteiger partial charge is 0.281 e. The van der Waals surface area contributed by atoms with E-state index in [1.165, 1.54) is 32.1 Å². The number of hydrogen-bond donors (Lipinski definition) is 2. The molecule has 0 bridgehead atoms. The summed E-state index contributed by atoms with van der Waals surface area (Å²) in [5.41, 5.74) is 1.87. The lowest BCUT2D eigenvalue weighted by molar-refractivity contribution is 0.0940. The number of aryl methyl sites for hydroxylation is 1. The van der Waals surface area contributed by atoms with E-state index in [4.69, 9.17) is 5.84 Å². The van der Waals surface area contributed by atoms with Gasteiger partial charge in [-0.15, -0.1) is 0 Å². The van der Waals surface area contributed by atoms with Gasteiger partial charge in [0, 0.05) is 12.7 Å². The highest BCUT2D eigenvalue weighted by Gasteiger charge is 2.23. The lowest BCUT2D eigenvalue weighted by atomic mass is 9.88. The van der Waals surface area contributed by atoms with E-state index in [1.807, 2.05) is 0 Å². The van der Waals surface area contributed by atoms with Crippen LogP contribution in [-0.4, -0.2) is 17.1 Å². The molecule has 0 saturated heterocycles. The number of nitrogens with one attached hydrogen (secondary N) is 1. The van der Waals surface area contributed by atoms with Crippen LogP contribution in [0.2, 0.25) is 0 Å². The number of hydrogen-bond acceptors (Lipinski definition) is 3. The number of nitrogen functional groups attached to an aromatic ring is 1. The molecule has 1 aromatic rings. The van der Waals surface area contributed by atoms with Crippen molar-refractivity contribution in [3.8, 4) is 0 Å². The highest BCUT2D eigenvalue weighted by Crippen LogP contribution is 2.24. The second-order valence-electron chi connectivity index (χ2n) is 6.64. The van der Waals surface area contributed by atoms with Crippen LogP contribution in [0, 0.1) is 5.92 Å². The molecule has 2 aliphatic carbocycles. The lowest BCUT2D eigenvalue weighted by Gasteiger charge is -2.23. The summed E-state index contributed by atoms with van der Waals surface area (Å²) in [6.45, 7) is 0.673. The second-order valence-corrected chi connectivity index (χ2v) is 6.64. The third-order valence-corrected chi connectivity index (χ3v) is 5.06. The number of carbonyl (C=O) groups is 1. The average molecular weight is 303 g/mol. The normalized spacial score (nSPS) is 18.7. The molecule has 120 valence electrons. The van der Waals surface area contributed by atoms with E-state index in [0.717, 1.165) is 41.5 Å². The Bertz CT molecular complexity index is 615. The Morgan fingerprint density at radius 2 is 1.91 bits per heavy atom. The van der Waals surface area contributed by atoms with Crippen molar-refractivity contribution in [2.24, 2.45) is 5.92 Å². The first kappa shape index (κ1) is 15.1. The number of carbonyl (C=O) groups excluding carboxylic acids is 1. The van der Waals surface area contributed by atoms with Crippen molar-refractivity contribution in [3.05, 3.63) is 33.2 Å². The van der Waals surface area contributed by atoms with E-state index in [0.29, 0.717) is 12.5 Å². The first-order valence-electron chi connectivity index (χ1n) is 8.47. The van der Waals surface area contributed by atoms with E-state index < -0.39 is 0 Å². The molecule has 0 radical (unpaired) electrons. The van der Waals surface area contributed by atoms with Gasteiger partial charge in [0.05, 0.1) is 0 Å². The van der Waals surface area contributed by atoms with Crippen molar-refractivity contribution >= 4 is 5.91 Å². The summed E-state index contributed by atoms with van der Waals surface area (Å²) in [4.78, 5) is 24.9. The van der Waals surface area contributed by atoms with Crippen LogP contribution in [0.1, 0.15) is 66.4 Å². The molecule has 1 heterocycles. The van der Waals surface area contributed by atoms with Gasteiger partial charge in [0.15, 0.2) is 0 Å². The molecule has 3 rings (SSSR count). The van der Waals surface area contributed by atoms with Crippen molar-refractivity contribution < 1.29 is 4.79 Å². The van der Waals surface area contributed by atoms with E-state index >= 15 is 0 Å². The standard InChI is InChI=1S/C17H25N3O2/c18-20-11-13-8-4-5-9-14(13)15(17(20)22)16(21)19-10-12-6-2-1-3-7-12/h11-12H,1-10,18H2,(H,19,21). The largest absolute Gasteiger partial charge is 0.352 e. The maximum absolute atomic E-state index is 12.6. The summed E-state index contributed by atoms with van der Waals surface area (Å²) in [5.74, 6) is 6.06. The Hall–Kier alpha value is -1.78. The number of aromatic nitrogens is 1. The zero-order valence-corrected chi connectivity index (χ0v) is 13.1. The van der Waals surface area contributed by atoms with Crippen molar-refractivity contribution in [3.63, 3.8) is 0 Å². The van der Waals surface area contributed by atoms with Crippen LogP contribution >= 0.6 is 0 Å².